The topological polar surface area (TPSA) is 79.7 Å². The number of rotatable bonds is 5. The van der Waals surface area contributed by atoms with Gasteiger partial charge in [-0.1, -0.05) is 6.07 Å². The summed E-state index contributed by atoms with van der Waals surface area (Å²) in [6.07, 6.45) is 1.65. The van der Waals surface area contributed by atoms with Gasteiger partial charge in [0.15, 0.2) is 0 Å². The van der Waals surface area contributed by atoms with Crippen molar-refractivity contribution >= 4 is 28.8 Å². The zero-order chi connectivity index (χ0) is 22.1. The highest BCUT2D eigenvalue weighted by Crippen LogP contribution is 2.43. The fraction of sp³-hybridized carbons (Fsp3) is 0.208. The molecule has 1 aliphatic rings. The number of ether oxygens (including phenoxy) is 1. The Morgan fingerprint density at radius 3 is 2.58 bits per heavy atom. The third-order valence-corrected chi connectivity index (χ3v) is 6.51. The summed E-state index contributed by atoms with van der Waals surface area (Å²) in [6.45, 7) is 3.93. The summed E-state index contributed by atoms with van der Waals surface area (Å²) in [7, 11) is 1.57. The number of likely N-dealkylation sites (tertiary alicyclic amines) is 1. The molecule has 0 radical (unpaired) electrons. The lowest BCUT2D eigenvalue weighted by molar-refractivity contribution is -0.140. The van der Waals surface area contributed by atoms with E-state index >= 15 is 0 Å². The van der Waals surface area contributed by atoms with E-state index in [9.17, 15) is 14.7 Å². The van der Waals surface area contributed by atoms with Crippen molar-refractivity contribution in [3.63, 3.8) is 0 Å². The largest absolute Gasteiger partial charge is 0.507 e. The lowest BCUT2D eigenvalue weighted by atomic mass is 9.96. The summed E-state index contributed by atoms with van der Waals surface area (Å²) < 4.78 is 5.24. The van der Waals surface area contributed by atoms with E-state index in [1.54, 1.807) is 37.6 Å². The highest BCUT2D eigenvalue weighted by atomic mass is 32.1. The summed E-state index contributed by atoms with van der Waals surface area (Å²) in [6, 6.07) is 11.9. The molecule has 0 saturated carbocycles. The first kappa shape index (κ1) is 20.8. The third-order valence-electron chi connectivity index (χ3n) is 5.44. The summed E-state index contributed by atoms with van der Waals surface area (Å²) in [5, 5.41) is 13.1. The zero-order valence-electron chi connectivity index (χ0n) is 17.5. The number of ketones is 1. The number of thiophene rings is 1. The Bertz CT molecular complexity index is 1180. The number of methoxy groups -OCH3 is 1. The Balaban J connectivity index is 1.87. The van der Waals surface area contributed by atoms with Crippen LogP contribution < -0.4 is 4.74 Å². The molecule has 1 fully saturated rings. The van der Waals surface area contributed by atoms with Crippen LogP contribution in [0.1, 0.15) is 33.3 Å². The Morgan fingerprint density at radius 2 is 1.97 bits per heavy atom. The number of aliphatic hydroxyl groups is 1. The van der Waals surface area contributed by atoms with Crippen molar-refractivity contribution in [1.82, 2.24) is 9.88 Å². The van der Waals surface area contributed by atoms with Gasteiger partial charge in [0.25, 0.3) is 11.7 Å². The molecule has 1 N–H and O–H groups in total. The number of hydrogen-bond acceptors (Lipinski definition) is 6. The van der Waals surface area contributed by atoms with Gasteiger partial charge in [-0.2, -0.15) is 0 Å². The molecule has 1 aliphatic heterocycles. The molecule has 31 heavy (non-hydrogen) atoms. The van der Waals surface area contributed by atoms with Crippen LogP contribution in [0.4, 0.5) is 0 Å². The van der Waals surface area contributed by atoms with Crippen LogP contribution in [-0.4, -0.2) is 33.8 Å². The molecular formula is C24H22N2O4S. The van der Waals surface area contributed by atoms with Crippen LogP contribution in [0, 0.1) is 13.8 Å². The molecule has 1 unspecified atom stereocenters. The Morgan fingerprint density at radius 1 is 1.16 bits per heavy atom. The number of hydrogen-bond donors (Lipinski definition) is 1. The molecule has 6 nitrogen and oxygen atoms in total. The molecule has 3 heterocycles. The lowest BCUT2D eigenvalue weighted by Gasteiger charge is -2.24. The van der Waals surface area contributed by atoms with E-state index in [1.807, 2.05) is 37.4 Å². The highest BCUT2D eigenvalue weighted by Gasteiger charge is 2.47. The van der Waals surface area contributed by atoms with Crippen LogP contribution in [0.15, 0.2) is 59.6 Å². The molecule has 2 aromatic heterocycles. The van der Waals surface area contributed by atoms with Gasteiger partial charge < -0.3 is 14.7 Å². The number of carbonyl (C=O) groups is 2. The van der Waals surface area contributed by atoms with Gasteiger partial charge >= 0.3 is 0 Å². The van der Waals surface area contributed by atoms with Gasteiger partial charge in [0.2, 0.25) is 0 Å². The van der Waals surface area contributed by atoms with E-state index < -0.39 is 17.7 Å². The summed E-state index contributed by atoms with van der Waals surface area (Å²) in [5.41, 5.74) is 2.97. The van der Waals surface area contributed by atoms with Crippen molar-refractivity contribution in [2.45, 2.75) is 26.4 Å². The molecule has 0 aliphatic carbocycles. The third kappa shape index (κ3) is 3.72. The number of aromatic nitrogens is 1. The van der Waals surface area contributed by atoms with E-state index in [0.717, 1.165) is 16.0 Å². The minimum Gasteiger partial charge on any atom is -0.507 e. The van der Waals surface area contributed by atoms with E-state index in [2.05, 4.69) is 4.98 Å². The monoisotopic (exact) mass is 434 g/mol. The number of pyridine rings is 1. The quantitative estimate of drug-likeness (QED) is 0.366. The van der Waals surface area contributed by atoms with Gasteiger partial charge in [-0.15, -0.1) is 11.3 Å². The van der Waals surface area contributed by atoms with Gasteiger partial charge in [-0.05, 0) is 66.8 Å². The predicted octanol–water partition coefficient (Wildman–Crippen LogP) is 4.39. The van der Waals surface area contributed by atoms with Gasteiger partial charge in [-0.3, -0.25) is 14.6 Å². The van der Waals surface area contributed by atoms with Gasteiger partial charge in [0, 0.05) is 16.6 Å². The number of aryl methyl sites for hydroxylation is 2. The van der Waals surface area contributed by atoms with Gasteiger partial charge in [0.1, 0.15) is 17.6 Å². The maximum atomic E-state index is 13.1. The number of carbonyl (C=O) groups excluding carboxylic acids is 2. The highest BCUT2D eigenvalue weighted by molar-refractivity contribution is 7.10. The normalized spacial score (nSPS) is 17.9. The van der Waals surface area contributed by atoms with E-state index in [-0.39, 0.29) is 17.9 Å². The number of Topliss-reactive ketones (excluding diaryl/α,β-unsaturated/α-hetero) is 1. The average Bonchev–Trinajstić information content (AvgIpc) is 3.29. The van der Waals surface area contributed by atoms with Crippen LogP contribution >= 0.6 is 11.3 Å². The predicted molar refractivity (Wildman–Crippen MR) is 119 cm³/mol. The lowest BCUT2D eigenvalue weighted by Crippen LogP contribution is -2.29. The number of benzene rings is 1. The van der Waals surface area contributed by atoms with Crippen LogP contribution in [0.3, 0.4) is 0 Å². The molecular weight excluding hydrogens is 412 g/mol. The Labute approximate surface area is 184 Å². The number of aliphatic hydroxyl groups excluding tert-OH is 1. The minimum absolute atomic E-state index is 0.0970. The maximum absolute atomic E-state index is 13.1. The molecule has 7 heteroatoms. The van der Waals surface area contributed by atoms with Crippen LogP contribution in [0.2, 0.25) is 0 Å². The fourth-order valence-corrected chi connectivity index (χ4v) is 4.87. The molecule has 3 aromatic rings. The number of amides is 1. The smallest absolute Gasteiger partial charge is 0.296 e. The standard InChI is InChI=1S/C24H22N2O4S/c1-14-9-11-31-23(14)20-19(21(27)18-8-7-17(30-3)12-15(18)2)22(28)24(29)26(20)13-16-6-4-5-10-25-16/h4-12,20,27H,13H2,1-3H3/b21-19+. The maximum Gasteiger partial charge on any atom is 0.296 e. The van der Waals surface area contributed by atoms with Crippen molar-refractivity contribution in [2.24, 2.45) is 0 Å². The molecule has 1 atom stereocenters. The van der Waals surface area contributed by atoms with Crippen molar-refractivity contribution in [2.75, 3.05) is 7.11 Å². The Hall–Kier alpha value is -3.45. The molecule has 1 aromatic carbocycles. The first-order valence-electron chi connectivity index (χ1n) is 9.79. The van der Waals surface area contributed by atoms with Crippen molar-refractivity contribution in [3.05, 3.63) is 86.9 Å². The van der Waals surface area contributed by atoms with E-state index in [1.165, 1.54) is 16.2 Å². The molecule has 1 amide bonds. The van der Waals surface area contributed by atoms with Crippen molar-refractivity contribution in [3.8, 4) is 5.75 Å². The van der Waals surface area contributed by atoms with Crippen LogP contribution in [0.5, 0.6) is 5.75 Å². The molecule has 0 bridgehead atoms. The average molecular weight is 435 g/mol. The molecule has 158 valence electrons. The first-order chi connectivity index (χ1) is 14.9. The first-order valence-corrected chi connectivity index (χ1v) is 10.7. The van der Waals surface area contributed by atoms with Gasteiger partial charge in [-0.25, -0.2) is 0 Å². The number of nitrogens with zero attached hydrogens (tertiary/aromatic N) is 2. The SMILES string of the molecule is COc1ccc(/C(O)=C2\C(=O)C(=O)N(Cc3ccccn3)C2c2sccc2C)c(C)c1. The second kappa shape index (κ2) is 8.35. The Kier molecular flexibility index (Phi) is 5.61. The summed E-state index contributed by atoms with van der Waals surface area (Å²) >= 11 is 1.46. The van der Waals surface area contributed by atoms with E-state index in [0.29, 0.717) is 17.0 Å². The summed E-state index contributed by atoms with van der Waals surface area (Å²) in [5.74, 6) is -0.868. The molecule has 1 saturated heterocycles. The zero-order valence-corrected chi connectivity index (χ0v) is 18.3. The minimum atomic E-state index is -0.693. The van der Waals surface area contributed by atoms with Crippen molar-refractivity contribution in [1.29, 1.82) is 0 Å². The van der Waals surface area contributed by atoms with Crippen LogP contribution in [-0.2, 0) is 16.1 Å². The summed E-state index contributed by atoms with van der Waals surface area (Å²) in [4.78, 5) is 32.8. The van der Waals surface area contributed by atoms with E-state index in [4.69, 9.17) is 4.74 Å². The molecule has 4 rings (SSSR count). The second-order valence-electron chi connectivity index (χ2n) is 7.40. The van der Waals surface area contributed by atoms with Gasteiger partial charge in [0.05, 0.1) is 24.9 Å². The van der Waals surface area contributed by atoms with Crippen molar-refractivity contribution < 1.29 is 19.4 Å². The molecule has 0 spiro atoms. The fourth-order valence-electron chi connectivity index (χ4n) is 3.82. The second-order valence-corrected chi connectivity index (χ2v) is 8.34. The van der Waals surface area contributed by atoms with Crippen LogP contribution in [0.25, 0.3) is 5.76 Å².